The molecular weight excluding hydrogens is 370 g/mol. The highest BCUT2D eigenvalue weighted by Gasteiger charge is 2.33. The van der Waals surface area contributed by atoms with Gasteiger partial charge >= 0.3 is 0 Å². The first kappa shape index (κ1) is 19.1. The number of carbonyl (C=O) groups is 1. The quantitative estimate of drug-likeness (QED) is 0.816. The molecule has 0 radical (unpaired) electrons. The average Bonchev–Trinajstić information content (AvgIpc) is 3.21. The minimum Gasteiger partial charge on any atom is -0.353 e. The van der Waals surface area contributed by atoms with Crippen LogP contribution in [-0.4, -0.2) is 36.7 Å². The van der Waals surface area contributed by atoms with Gasteiger partial charge in [-0.05, 0) is 49.6 Å². The number of carbonyl (C=O) groups excluding carboxylic acids is 1. The van der Waals surface area contributed by atoms with E-state index in [1.165, 1.54) is 0 Å². The number of amides is 1. The zero-order valence-corrected chi connectivity index (χ0v) is 17.0. The fourth-order valence-corrected chi connectivity index (χ4v) is 5.89. The van der Waals surface area contributed by atoms with Gasteiger partial charge in [-0.2, -0.15) is 4.31 Å². The van der Waals surface area contributed by atoms with Crippen LogP contribution in [0.5, 0.6) is 0 Å². The molecule has 0 atom stereocenters. The van der Waals surface area contributed by atoms with Gasteiger partial charge in [0, 0.05) is 23.7 Å². The molecule has 0 bridgehead atoms. The van der Waals surface area contributed by atoms with E-state index in [1.54, 1.807) is 29.5 Å². The van der Waals surface area contributed by atoms with Crippen molar-refractivity contribution in [3.63, 3.8) is 0 Å². The number of nitrogens with one attached hydrogen (secondary N) is 2. The third-order valence-corrected chi connectivity index (χ3v) is 7.99. The number of piperidine rings is 1. The molecular formula is C18H25N3O3S2. The molecule has 0 aliphatic carbocycles. The van der Waals surface area contributed by atoms with Crippen molar-refractivity contribution in [2.75, 3.05) is 13.1 Å². The summed E-state index contributed by atoms with van der Waals surface area (Å²) in [5.74, 6) is 0.265. The van der Waals surface area contributed by atoms with E-state index in [-0.39, 0.29) is 10.8 Å². The number of hydrogen-bond acceptors (Lipinski definition) is 4. The van der Waals surface area contributed by atoms with Crippen LogP contribution in [0.2, 0.25) is 0 Å². The highest BCUT2D eigenvalue weighted by atomic mass is 32.2. The average molecular weight is 396 g/mol. The van der Waals surface area contributed by atoms with E-state index in [1.807, 2.05) is 17.5 Å². The molecule has 1 fully saturated rings. The van der Waals surface area contributed by atoms with E-state index in [0.717, 1.165) is 17.7 Å². The topological polar surface area (TPSA) is 82.3 Å². The van der Waals surface area contributed by atoms with Crippen LogP contribution in [-0.2, 0) is 16.6 Å². The maximum atomic E-state index is 13.1. The zero-order valence-electron chi connectivity index (χ0n) is 15.3. The molecule has 8 heteroatoms. The molecule has 0 saturated carbocycles. The van der Waals surface area contributed by atoms with Gasteiger partial charge in [-0.25, -0.2) is 8.42 Å². The van der Waals surface area contributed by atoms with Gasteiger partial charge in [0.15, 0.2) is 0 Å². The van der Waals surface area contributed by atoms with Gasteiger partial charge in [0.25, 0.3) is 5.91 Å². The van der Waals surface area contributed by atoms with Gasteiger partial charge in [-0.1, -0.05) is 13.0 Å². The molecule has 26 heavy (non-hydrogen) atoms. The van der Waals surface area contributed by atoms with Crippen molar-refractivity contribution in [3.05, 3.63) is 39.3 Å². The minimum atomic E-state index is -3.59. The minimum absolute atomic E-state index is 0.244. The van der Waals surface area contributed by atoms with Gasteiger partial charge in [0.05, 0.1) is 6.54 Å². The summed E-state index contributed by atoms with van der Waals surface area (Å²) >= 11 is 1.57. The second-order valence-electron chi connectivity index (χ2n) is 6.93. The van der Waals surface area contributed by atoms with Crippen molar-refractivity contribution < 1.29 is 13.2 Å². The standard InChI is InChI=1S/C18H25N3O3S2/c1-12-6-8-21(9-7-12)26(23,24)17-13(2)16(20-14(17)3)18(22)19-11-15-5-4-10-25-15/h4-5,10,12,20H,6-9,11H2,1-3H3,(H,19,22). The van der Waals surface area contributed by atoms with Crippen LogP contribution in [0.3, 0.4) is 0 Å². The Balaban J connectivity index is 1.82. The Bertz CT molecular complexity index is 877. The second kappa shape index (κ2) is 7.54. The molecule has 2 N–H and O–H groups in total. The van der Waals surface area contributed by atoms with Crippen molar-refractivity contribution in [2.24, 2.45) is 5.92 Å². The molecule has 0 aromatic carbocycles. The van der Waals surface area contributed by atoms with Crippen LogP contribution in [0.15, 0.2) is 22.4 Å². The van der Waals surface area contributed by atoms with E-state index in [0.29, 0.717) is 42.5 Å². The molecule has 142 valence electrons. The largest absolute Gasteiger partial charge is 0.353 e. The Morgan fingerprint density at radius 1 is 1.35 bits per heavy atom. The van der Waals surface area contributed by atoms with Crippen LogP contribution in [0, 0.1) is 19.8 Å². The first-order chi connectivity index (χ1) is 12.3. The number of aromatic nitrogens is 1. The van der Waals surface area contributed by atoms with E-state index in [9.17, 15) is 13.2 Å². The van der Waals surface area contributed by atoms with Crippen molar-refractivity contribution in [3.8, 4) is 0 Å². The highest BCUT2D eigenvalue weighted by molar-refractivity contribution is 7.89. The zero-order chi connectivity index (χ0) is 18.9. The Kier molecular flexibility index (Phi) is 5.55. The van der Waals surface area contributed by atoms with Gasteiger partial charge < -0.3 is 10.3 Å². The fraction of sp³-hybridized carbons (Fsp3) is 0.500. The maximum absolute atomic E-state index is 13.1. The van der Waals surface area contributed by atoms with Crippen LogP contribution >= 0.6 is 11.3 Å². The first-order valence-corrected chi connectivity index (χ1v) is 11.1. The number of sulfonamides is 1. The van der Waals surface area contributed by atoms with Gasteiger partial charge in [0.1, 0.15) is 10.6 Å². The lowest BCUT2D eigenvalue weighted by Gasteiger charge is -2.29. The molecule has 1 saturated heterocycles. The van der Waals surface area contributed by atoms with Crippen LogP contribution in [0.4, 0.5) is 0 Å². The predicted molar refractivity (Wildman–Crippen MR) is 103 cm³/mol. The van der Waals surface area contributed by atoms with Crippen molar-refractivity contribution in [1.82, 2.24) is 14.6 Å². The van der Waals surface area contributed by atoms with Crippen molar-refractivity contribution in [2.45, 2.75) is 45.1 Å². The van der Waals surface area contributed by atoms with E-state index in [2.05, 4.69) is 17.2 Å². The normalized spacial score (nSPS) is 16.7. The van der Waals surface area contributed by atoms with Gasteiger partial charge in [0.2, 0.25) is 10.0 Å². The third kappa shape index (κ3) is 3.72. The predicted octanol–water partition coefficient (Wildman–Crippen LogP) is 3.04. The number of thiophene rings is 1. The number of aromatic amines is 1. The van der Waals surface area contributed by atoms with E-state index in [4.69, 9.17) is 0 Å². The summed E-state index contributed by atoms with van der Waals surface area (Å²) in [5, 5.41) is 4.81. The lowest BCUT2D eigenvalue weighted by Crippen LogP contribution is -2.38. The molecule has 2 aromatic heterocycles. The number of aryl methyl sites for hydroxylation is 1. The fourth-order valence-electron chi connectivity index (χ4n) is 3.37. The monoisotopic (exact) mass is 395 g/mol. The molecule has 1 amide bonds. The smallest absolute Gasteiger partial charge is 0.268 e. The Morgan fingerprint density at radius 3 is 2.65 bits per heavy atom. The SMILES string of the molecule is Cc1[nH]c(C(=O)NCc2cccs2)c(C)c1S(=O)(=O)N1CCC(C)CC1. The summed E-state index contributed by atoms with van der Waals surface area (Å²) in [6.45, 7) is 7.05. The van der Waals surface area contributed by atoms with Crippen LogP contribution in [0.25, 0.3) is 0 Å². The summed E-state index contributed by atoms with van der Waals surface area (Å²) in [5.41, 5.74) is 1.33. The second-order valence-corrected chi connectivity index (χ2v) is 9.83. The molecule has 1 aliphatic rings. The number of rotatable bonds is 5. The van der Waals surface area contributed by atoms with E-state index < -0.39 is 10.0 Å². The molecule has 6 nitrogen and oxygen atoms in total. The van der Waals surface area contributed by atoms with Crippen molar-refractivity contribution in [1.29, 1.82) is 0 Å². The van der Waals surface area contributed by atoms with E-state index >= 15 is 0 Å². The molecule has 1 aliphatic heterocycles. The summed E-state index contributed by atoms with van der Waals surface area (Å²) < 4.78 is 27.7. The Hall–Kier alpha value is -1.64. The maximum Gasteiger partial charge on any atom is 0.268 e. The molecule has 0 spiro atoms. The summed E-state index contributed by atoms with van der Waals surface area (Å²) in [6, 6.07) is 3.88. The van der Waals surface area contributed by atoms with Gasteiger partial charge in [-0.15, -0.1) is 11.3 Å². The third-order valence-electron chi connectivity index (χ3n) is 4.94. The molecule has 2 aromatic rings. The number of H-pyrrole nitrogens is 1. The number of hydrogen-bond donors (Lipinski definition) is 2. The Morgan fingerprint density at radius 2 is 2.04 bits per heavy atom. The summed E-state index contributed by atoms with van der Waals surface area (Å²) in [4.78, 5) is 16.8. The van der Waals surface area contributed by atoms with Crippen LogP contribution < -0.4 is 5.32 Å². The molecule has 3 rings (SSSR count). The summed E-state index contributed by atoms with van der Waals surface area (Å²) in [7, 11) is -3.59. The van der Waals surface area contributed by atoms with Crippen molar-refractivity contribution >= 4 is 27.3 Å². The first-order valence-electron chi connectivity index (χ1n) is 8.80. The highest BCUT2D eigenvalue weighted by Crippen LogP contribution is 2.29. The lowest BCUT2D eigenvalue weighted by molar-refractivity contribution is 0.0946. The van der Waals surface area contributed by atoms with Gasteiger partial charge in [-0.3, -0.25) is 4.79 Å². The summed E-state index contributed by atoms with van der Waals surface area (Å²) in [6.07, 6.45) is 1.74. The van der Waals surface area contributed by atoms with Crippen LogP contribution in [0.1, 0.15) is 46.4 Å². The molecule has 0 unspecified atom stereocenters. The number of nitrogens with zero attached hydrogens (tertiary/aromatic N) is 1. The lowest BCUT2D eigenvalue weighted by atomic mass is 10.0. The molecule has 3 heterocycles. The Labute approximate surface area is 158 Å².